The lowest BCUT2D eigenvalue weighted by Gasteiger charge is -2.22. The summed E-state index contributed by atoms with van der Waals surface area (Å²) in [5, 5.41) is 0. The van der Waals surface area contributed by atoms with Crippen LogP contribution in [-0.4, -0.2) is 30.3 Å². The molecule has 125 valence electrons. The van der Waals surface area contributed by atoms with E-state index in [1.54, 1.807) is 0 Å². The van der Waals surface area contributed by atoms with E-state index in [4.69, 9.17) is 8.61 Å². The third kappa shape index (κ3) is 6.94. The summed E-state index contributed by atoms with van der Waals surface area (Å²) in [6, 6.07) is 6.32. The molecule has 0 amide bonds. The van der Waals surface area contributed by atoms with E-state index in [-0.39, 0.29) is 12.0 Å². The fraction of sp³-hybridized carbons (Fsp3) is 0.625. The van der Waals surface area contributed by atoms with Crippen molar-refractivity contribution in [1.29, 1.82) is 0 Å². The highest BCUT2D eigenvalue weighted by molar-refractivity contribution is 7.85. The van der Waals surface area contributed by atoms with Crippen molar-refractivity contribution < 1.29 is 17.0 Å². The van der Waals surface area contributed by atoms with E-state index in [2.05, 4.69) is 52.1 Å². The number of hydrogen-bond donors (Lipinski definition) is 0. The molecule has 0 aliphatic rings. The van der Waals surface area contributed by atoms with Crippen molar-refractivity contribution in [3.63, 3.8) is 0 Å². The Morgan fingerprint density at radius 1 is 1.18 bits per heavy atom. The number of aryl methyl sites for hydroxylation is 1. The monoisotopic (exact) mass is 343 g/mol. The normalized spacial score (nSPS) is 12.7. The van der Waals surface area contributed by atoms with Gasteiger partial charge in [0.15, 0.2) is 0 Å². The molecule has 6 heteroatoms. The minimum atomic E-state index is -3.36. The Morgan fingerprint density at radius 3 is 2.32 bits per heavy atom. The van der Waals surface area contributed by atoms with Crippen molar-refractivity contribution in [2.24, 2.45) is 0 Å². The minimum Gasteiger partial charge on any atom is -0.542 e. The molecule has 1 aromatic carbocycles. The second-order valence-electron chi connectivity index (χ2n) is 6.71. The minimum absolute atomic E-state index is 0.0738. The fourth-order valence-corrected chi connectivity index (χ4v) is 3.07. The molecule has 1 radical (unpaired) electrons. The van der Waals surface area contributed by atoms with E-state index in [9.17, 15) is 8.42 Å². The fourth-order valence-electron chi connectivity index (χ4n) is 2.02. The van der Waals surface area contributed by atoms with Crippen LogP contribution in [0.25, 0.3) is 0 Å². The Bertz CT molecular complexity index is 589. The van der Waals surface area contributed by atoms with Gasteiger partial charge in [-0.15, -0.1) is 0 Å². The largest absolute Gasteiger partial charge is 0.542 e. The summed E-state index contributed by atoms with van der Waals surface area (Å²) in [5.74, 6) is 0.922. The van der Waals surface area contributed by atoms with Crippen LogP contribution in [-0.2, 0) is 26.1 Å². The van der Waals surface area contributed by atoms with Crippen molar-refractivity contribution in [1.82, 2.24) is 0 Å². The van der Waals surface area contributed by atoms with Gasteiger partial charge in [-0.25, -0.2) is 0 Å². The highest BCUT2D eigenvalue weighted by atomic mass is 32.2. The second-order valence-corrected chi connectivity index (χ2v) is 10.4. The standard InChI is InChI=1S/C16H27O4SSi/c1-16(2,3)14-10-9-13(15(12-14)20-22(5)6)8-7-11-19-21(4,17)18/h9-10,12H,7-8,11H2,1-6H3. The molecule has 0 unspecified atom stereocenters. The Labute approximate surface area is 136 Å². The zero-order valence-corrected chi connectivity index (χ0v) is 16.2. The van der Waals surface area contributed by atoms with Gasteiger partial charge < -0.3 is 4.43 Å². The predicted octanol–water partition coefficient (Wildman–Crippen LogP) is 3.52. The molecule has 1 aromatic rings. The first kappa shape index (κ1) is 19.2. The van der Waals surface area contributed by atoms with Crippen LogP contribution in [0.2, 0.25) is 13.1 Å². The summed E-state index contributed by atoms with van der Waals surface area (Å²) in [7, 11) is -4.21. The predicted molar refractivity (Wildman–Crippen MR) is 92.4 cm³/mol. The Hall–Kier alpha value is -0.853. The molecule has 0 aliphatic carbocycles. The summed E-state index contributed by atoms with van der Waals surface area (Å²) in [6.07, 6.45) is 2.46. The lowest BCUT2D eigenvalue weighted by Crippen LogP contribution is -2.16. The van der Waals surface area contributed by atoms with Crippen LogP contribution in [0.5, 0.6) is 5.75 Å². The first-order valence-corrected chi connectivity index (χ1v) is 11.7. The van der Waals surface area contributed by atoms with Gasteiger partial charge in [0.2, 0.25) is 0 Å². The van der Waals surface area contributed by atoms with Crippen LogP contribution in [0.1, 0.15) is 38.3 Å². The van der Waals surface area contributed by atoms with Crippen molar-refractivity contribution in [3.8, 4) is 5.75 Å². The van der Waals surface area contributed by atoms with Gasteiger partial charge in [-0.1, -0.05) is 32.9 Å². The maximum Gasteiger partial charge on any atom is 0.274 e. The summed E-state index contributed by atoms with van der Waals surface area (Å²) >= 11 is 0. The van der Waals surface area contributed by atoms with Crippen molar-refractivity contribution in [2.45, 2.75) is 52.1 Å². The zero-order valence-electron chi connectivity index (χ0n) is 14.4. The zero-order chi connectivity index (χ0) is 17.0. The first-order chi connectivity index (χ1) is 9.99. The van der Waals surface area contributed by atoms with E-state index in [0.717, 1.165) is 24.0 Å². The van der Waals surface area contributed by atoms with Gasteiger partial charge in [-0.2, -0.15) is 8.42 Å². The maximum atomic E-state index is 11.0. The Kier molecular flexibility index (Phi) is 6.64. The van der Waals surface area contributed by atoms with Crippen molar-refractivity contribution in [3.05, 3.63) is 29.3 Å². The molecule has 0 spiro atoms. The van der Waals surface area contributed by atoms with E-state index < -0.39 is 19.2 Å². The Balaban J connectivity index is 2.84. The number of hydrogen-bond acceptors (Lipinski definition) is 4. The molecule has 4 nitrogen and oxygen atoms in total. The van der Waals surface area contributed by atoms with Crippen LogP contribution in [0, 0.1) is 0 Å². The average Bonchev–Trinajstić information content (AvgIpc) is 2.32. The first-order valence-electron chi connectivity index (χ1n) is 7.45. The van der Waals surface area contributed by atoms with Crippen LogP contribution < -0.4 is 4.43 Å². The van der Waals surface area contributed by atoms with Crippen LogP contribution in [0.4, 0.5) is 0 Å². The molecule has 22 heavy (non-hydrogen) atoms. The lowest BCUT2D eigenvalue weighted by molar-refractivity contribution is 0.315. The summed E-state index contributed by atoms with van der Waals surface area (Å²) in [6.45, 7) is 10.9. The molecule has 0 fully saturated rings. The quantitative estimate of drug-likeness (QED) is 0.432. The van der Waals surface area contributed by atoms with Gasteiger partial charge >= 0.3 is 0 Å². The van der Waals surface area contributed by atoms with Gasteiger partial charge in [-0.05, 0) is 48.5 Å². The van der Waals surface area contributed by atoms with E-state index in [1.165, 1.54) is 5.56 Å². The highest BCUT2D eigenvalue weighted by Gasteiger charge is 2.17. The molecule has 0 aromatic heterocycles. The van der Waals surface area contributed by atoms with Gasteiger partial charge in [-0.3, -0.25) is 4.18 Å². The SMILES string of the molecule is C[Si](C)Oc1cc(C(C)(C)C)ccc1CCCOS(C)(=O)=O. The van der Waals surface area contributed by atoms with Crippen molar-refractivity contribution in [2.75, 3.05) is 12.9 Å². The summed E-state index contributed by atoms with van der Waals surface area (Å²) < 4.78 is 32.7. The van der Waals surface area contributed by atoms with E-state index >= 15 is 0 Å². The Morgan fingerprint density at radius 2 is 1.82 bits per heavy atom. The summed E-state index contributed by atoms with van der Waals surface area (Å²) in [4.78, 5) is 0. The lowest BCUT2D eigenvalue weighted by atomic mass is 9.86. The van der Waals surface area contributed by atoms with Crippen molar-refractivity contribution >= 4 is 19.2 Å². The third-order valence-corrected chi connectivity index (χ3v) is 4.36. The van der Waals surface area contributed by atoms with Crippen LogP contribution in [0.3, 0.4) is 0 Å². The summed E-state index contributed by atoms with van der Waals surface area (Å²) in [5.41, 5.74) is 2.42. The topological polar surface area (TPSA) is 52.6 Å². The molecule has 0 N–H and O–H groups in total. The highest BCUT2D eigenvalue weighted by Crippen LogP contribution is 2.29. The van der Waals surface area contributed by atoms with E-state index in [0.29, 0.717) is 6.42 Å². The number of rotatable bonds is 7. The van der Waals surface area contributed by atoms with Gasteiger partial charge in [0.25, 0.3) is 19.2 Å². The molecule has 0 heterocycles. The van der Waals surface area contributed by atoms with Gasteiger partial charge in [0.1, 0.15) is 5.75 Å². The number of benzene rings is 1. The van der Waals surface area contributed by atoms with Gasteiger partial charge in [0.05, 0.1) is 12.9 Å². The smallest absolute Gasteiger partial charge is 0.274 e. The van der Waals surface area contributed by atoms with Crippen LogP contribution >= 0.6 is 0 Å². The van der Waals surface area contributed by atoms with E-state index in [1.807, 2.05) is 0 Å². The van der Waals surface area contributed by atoms with Crippen LogP contribution in [0.15, 0.2) is 18.2 Å². The molecular weight excluding hydrogens is 316 g/mol. The molecule has 0 bridgehead atoms. The van der Waals surface area contributed by atoms with Gasteiger partial charge in [0, 0.05) is 0 Å². The maximum absolute atomic E-state index is 11.0. The second kappa shape index (κ2) is 7.61. The molecule has 0 saturated carbocycles. The third-order valence-electron chi connectivity index (χ3n) is 3.14. The molecule has 0 atom stereocenters. The average molecular weight is 344 g/mol. The molecule has 1 rings (SSSR count). The molecule has 0 saturated heterocycles. The molecule has 0 aliphatic heterocycles. The molecular formula is C16H27O4SSi.